The van der Waals surface area contributed by atoms with Gasteiger partial charge in [0.2, 0.25) is 0 Å². The average Bonchev–Trinajstić information content (AvgIpc) is 3.04. The minimum absolute atomic E-state index is 0.115. The molecule has 0 bridgehead atoms. The second kappa shape index (κ2) is 5.20. The lowest BCUT2D eigenvalue weighted by Gasteiger charge is -2.15. The van der Waals surface area contributed by atoms with Crippen LogP contribution >= 0.6 is 15.9 Å². The maximum Gasteiger partial charge on any atom is 0.272 e. The predicted molar refractivity (Wildman–Crippen MR) is 82.1 cm³/mol. The Labute approximate surface area is 126 Å². The van der Waals surface area contributed by atoms with Crippen molar-refractivity contribution in [2.75, 3.05) is 13.1 Å². The summed E-state index contributed by atoms with van der Waals surface area (Å²) in [5, 5.41) is 0. The van der Waals surface area contributed by atoms with Crippen molar-refractivity contribution in [3.8, 4) is 0 Å². The molecule has 20 heavy (non-hydrogen) atoms. The van der Waals surface area contributed by atoms with Crippen molar-refractivity contribution in [3.05, 3.63) is 33.7 Å². The molecule has 1 aliphatic heterocycles. The number of fused-ring (bicyclic) bond motifs is 1. The van der Waals surface area contributed by atoms with E-state index in [1.165, 1.54) is 0 Å². The van der Waals surface area contributed by atoms with Crippen LogP contribution in [0.5, 0.6) is 0 Å². The van der Waals surface area contributed by atoms with E-state index in [2.05, 4.69) is 20.9 Å². The van der Waals surface area contributed by atoms with E-state index in [-0.39, 0.29) is 5.91 Å². The van der Waals surface area contributed by atoms with Gasteiger partial charge in [0.05, 0.1) is 5.69 Å². The van der Waals surface area contributed by atoms with Gasteiger partial charge in [0.1, 0.15) is 11.3 Å². The van der Waals surface area contributed by atoms with Gasteiger partial charge in [-0.2, -0.15) is 0 Å². The maximum atomic E-state index is 12.8. The third-order valence-corrected chi connectivity index (χ3v) is 4.31. The lowest BCUT2D eigenvalue weighted by Crippen LogP contribution is -2.29. The summed E-state index contributed by atoms with van der Waals surface area (Å²) in [5.41, 5.74) is 3.58. The van der Waals surface area contributed by atoms with Crippen LogP contribution < -0.4 is 0 Å². The topological polar surface area (TPSA) is 37.6 Å². The first-order chi connectivity index (χ1) is 9.61. The molecule has 3 heterocycles. The first-order valence-electron chi connectivity index (χ1n) is 7.08. The number of halogens is 1. The van der Waals surface area contributed by atoms with E-state index < -0.39 is 0 Å². The SMILES string of the molecule is CCc1nc2c(C)cc(Br)cn2c1C(=O)N1CCCC1. The molecule has 4 nitrogen and oxygen atoms in total. The van der Waals surface area contributed by atoms with E-state index in [9.17, 15) is 4.79 Å². The quantitative estimate of drug-likeness (QED) is 0.845. The highest BCUT2D eigenvalue weighted by atomic mass is 79.9. The summed E-state index contributed by atoms with van der Waals surface area (Å²) in [4.78, 5) is 19.4. The molecule has 0 aromatic carbocycles. The van der Waals surface area contributed by atoms with Crippen LogP contribution in [0, 0.1) is 6.92 Å². The average molecular weight is 336 g/mol. The summed E-state index contributed by atoms with van der Waals surface area (Å²) < 4.78 is 2.91. The van der Waals surface area contributed by atoms with Crippen LogP contribution in [0.15, 0.2) is 16.7 Å². The van der Waals surface area contributed by atoms with Crippen LogP contribution in [0.2, 0.25) is 0 Å². The van der Waals surface area contributed by atoms with Gasteiger partial charge in [-0.25, -0.2) is 4.98 Å². The minimum Gasteiger partial charge on any atom is -0.337 e. The van der Waals surface area contributed by atoms with Crippen LogP contribution in [0.4, 0.5) is 0 Å². The molecule has 1 aliphatic rings. The van der Waals surface area contributed by atoms with E-state index in [1.54, 1.807) is 0 Å². The number of nitrogens with zero attached hydrogens (tertiary/aromatic N) is 3. The highest BCUT2D eigenvalue weighted by molar-refractivity contribution is 9.10. The summed E-state index contributed by atoms with van der Waals surface area (Å²) in [5.74, 6) is 0.115. The molecule has 1 saturated heterocycles. The largest absolute Gasteiger partial charge is 0.337 e. The number of amides is 1. The van der Waals surface area contributed by atoms with E-state index in [0.29, 0.717) is 0 Å². The number of pyridine rings is 1. The number of hydrogen-bond acceptors (Lipinski definition) is 2. The fraction of sp³-hybridized carbons (Fsp3) is 0.467. The molecule has 3 rings (SSSR count). The normalized spacial score (nSPS) is 15.2. The standard InChI is InChI=1S/C15H18BrN3O/c1-3-12-13(15(20)18-6-4-5-7-18)19-9-11(16)8-10(2)14(19)17-12/h8-9H,3-7H2,1-2H3. The molecule has 0 aliphatic carbocycles. The fourth-order valence-electron chi connectivity index (χ4n) is 2.86. The second-order valence-corrected chi connectivity index (χ2v) is 6.21. The number of rotatable bonds is 2. The first-order valence-corrected chi connectivity index (χ1v) is 7.87. The number of likely N-dealkylation sites (tertiary alicyclic amines) is 1. The molecule has 0 saturated carbocycles. The molecule has 0 atom stereocenters. The van der Waals surface area contributed by atoms with Gasteiger partial charge in [0.15, 0.2) is 0 Å². The van der Waals surface area contributed by atoms with Gasteiger partial charge in [0, 0.05) is 23.8 Å². The zero-order chi connectivity index (χ0) is 14.3. The van der Waals surface area contributed by atoms with Gasteiger partial charge in [-0.05, 0) is 53.7 Å². The predicted octanol–water partition coefficient (Wildman–Crippen LogP) is 3.20. The molecule has 106 valence electrons. The van der Waals surface area contributed by atoms with Crippen molar-refractivity contribution in [2.24, 2.45) is 0 Å². The monoisotopic (exact) mass is 335 g/mol. The molecule has 0 spiro atoms. The zero-order valence-electron chi connectivity index (χ0n) is 11.8. The van der Waals surface area contributed by atoms with Crippen molar-refractivity contribution >= 4 is 27.5 Å². The van der Waals surface area contributed by atoms with E-state index in [4.69, 9.17) is 0 Å². The Balaban J connectivity index is 2.19. The highest BCUT2D eigenvalue weighted by Crippen LogP contribution is 2.23. The van der Waals surface area contributed by atoms with Crippen LogP contribution in [0.25, 0.3) is 5.65 Å². The van der Waals surface area contributed by atoms with Crippen LogP contribution in [0.3, 0.4) is 0 Å². The van der Waals surface area contributed by atoms with Gasteiger partial charge >= 0.3 is 0 Å². The van der Waals surface area contributed by atoms with Gasteiger partial charge < -0.3 is 4.90 Å². The Morgan fingerprint density at radius 3 is 2.75 bits per heavy atom. The third-order valence-electron chi connectivity index (χ3n) is 3.87. The molecule has 1 amide bonds. The van der Waals surface area contributed by atoms with Crippen molar-refractivity contribution < 1.29 is 4.79 Å². The Kier molecular flexibility index (Phi) is 3.54. The lowest BCUT2D eigenvalue weighted by molar-refractivity contribution is 0.0785. The van der Waals surface area contributed by atoms with Crippen molar-refractivity contribution in [1.29, 1.82) is 0 Å². The number of carbonyl (C=O) groups is 1. The van der Waals surface area contributed by atoms with E-state index >= 15 is 0 Å². The summed E-state index contributed by atoms with van der Waals surface area (Å²) in [7, 11) is 0. The minimum atomic E-state index is 0.115. The summed E-state index contributed by atoms with van der Waals surface area (Å²) >= 11 is 3.51. The van der Waals surface area contributed by atoms with Gasteiger partial charge in [-0.15, -0.1) is 0 Å². The van der Waals surface area contributed by atoms with Crippen molar-refractivity contribution in [2.45, 2.75) is 33.1 Å². The number of carbonyl (C=O) groups excluding carboxylic acids is 1. The number of imidazole rings is 1. The fourth-order valence-corrected chi connectivity index (χ4v) is 3.41. The Hall–Kier alpha value is -1.36. The van der Waals surface area contributed by atoms with Gasteiger partial charge in [-0.1, -0.05) is 6.92 Å². The summed E-state index contributed by atoms with van der Waals surface area (Å²) in [6.45, 7) is 5.80. The number of aromatic nitrogens is 2. The highest BCUT2D eigenvalue weighted by Gasteiger charge is 2.26. The maximum absolute atomic E-state index is 12.8. The summed E-state index contributed by atoms with van der Waals surface area (Å²) in [6, 6.07) is 2.03. The molecule has 1 fully saturated rings. The molecule has 0 N–H and O–H groups in total. The molecular weight excluding hydrogens is 318 g/mol. The Morgan fingerprint density at radius 1 is 1.40 bits per heavy atom. The second-order valence-electron chi connectivity index (χ2n) is 5.29. The van der Waals surface area contributed by atoms with E-state index in [1.807, 2.05) is 35.4 Å². The van der Waals surface area contributed by atoms with Crippen LogP contribution in [-0.4, -0.2) is 33.3 Å². The van der Waals surface area contributed by atoms with Crippen LogP contribution in [-0.2, 0) is 6.42 Å². The zero-order valence-corrected chi connectivity index (χ0v) is 13.4. The molecule has 2 aromatic heterocycles. The Bertz CT molecular complexity index is 671. The smallest absolute Gasteiger partial charge is 0.272 e. The van der Waals surface area contributed by atoms with Crippen LogP contribution in [0.1, 0.15) is 41.5 Å². The van der Waals surface area contributed by atoms with Gasteiger partial charge in [-0.3, -0.25) is 9.20 Å². The lowest BCUT2D eigenvalue weighted by atomic mass is 10.2. The molecule has 0 radical (unpaired) electrons. The molecular formula is C15H18BrN3O. The molecule has 5 heteroatoms. The Morgan fingerprint density at radius 2 is 2.10 bits per heavy atom. The first kappa shape index (κ1) is 13.6. The summed E-state index contributed by atoms with van der Waals surface area (Å²) in [6.07, 6.45) is 4.92. The number of hydrogen-bond donors (Lipinski definition) is 0. The molecule has 2 aromatic rings. The van der Waals surface area contributed by atoms with Crippen molar-refractivity contribution in [1.82, 2.24) is 14.3 Å². The van der Waals surface area contributed by atoms with E-state index in [0.717, 1.165) is 59.4 Å². The van der Waals surface area contributed by atoms with Gasteiger partial charge in [0.25, 0.3) is 5.91 Å². The third kappa shape index (κ3) is 2.14. The number of aryl methyl sites for hydroxylation is 2. The molecule has 0 unspecified atom stereocenters. The van der Waals surface area contributed by atoms with Crippen molar-refractivity contribution in [3.63, 3.8) is 0 Å².